The number of nitrogens with zero attached hydrogens (tertiary/aromatic N) is 1. The van der Waals surface area contributed by atoms with Crippen LogP contribution in [0.4, 0.5) is 0 Å². The van der Waals surface area contributed by atoms with Gasteiger partial charge >= 0.3 is 11.9 Å². The van der Waals surface area contributed by atoms with Gasteiger partial charge in [-0.3, -0.25) is 4.79 Å². The van der Waals surface area contributed by atoms with E-state index in [-0.39, 0.29) is 36.0 Å². The molecule has 0 aliphatic carbocycles. The summed E-state index contributed by atoms with van der Waals surface area (Å²) in [6, 6.07) is 7.11. The molecule has 0 radical (unpaired) electrons. The molecule has 1 aliphatic rings. The van der Waals surface area contributed by atoms with Crippen LogP contribution in [0.3, 0.4) is 0 Å². The highest BCUT2D eigenvalue weighted by Gasteiger charge is 2.36. The van der Waals surface area contributed by atoms with Crippen molar-refractivity contribution < 1.29 is 28.5 Å². The Balaban J connectivity index is 2.60. The van der Waals surface area contributed by atoms with Gasteiger partial charge in [-0.2, -0.15) is 5.26 Å². The molecule has 0 bridgehead atoms. The monoisotopic (exact) mass is 386 g/mol. The number of nitriles is 1. The van der Waals surface area contributed by atoms with E-state index in [1.54, 1.807) is 32.0 Å². The molecule has 28 heavy (non-hydrogen) atoms. The Bertz CT molecular complexity index is 894. The van der Waals surface area contributed by atoms with Crippen LogP contribution < -0.4 is 10.5 Å². The van der Waals surface area contributed by atoms with Gasteiger partial charge in [0.25, 0.3) is 0 Å². The number of ether oxygens (including phenoxy) is 4. The van der Waals surface area contributed by atoms with E-state index in [1.807, 2.05) is 6.07 Å². The van der Waals surface area contributed by atoms with Gasteiger partial charge in [-0.15, -0.1) is 0 Å². The maximum Gasteiger partial charge on any atom is 0.338 e. The summed E-state index contributed by atoms with van der Waals surface area (Å²) in [4.78, 5) is 23.7. The fourth-order valence-corrected chi connectivity index (χ4v) is 2.96. The fraction of sp³-hybridized carbons (Fsp3) is 0.350. The summed E-state index contributed by atoms with van der Waals surface area (Å²) >= 11 is 0. The van der Waals surface area contributed by atoms with E-state index in [2.05, 4.69) is 0 Å². The number of allylic oxidation sites excluding steroid dienone is 2. The Kier molecular flexibility index (Phi) is 6.66. The lowest BCUT2D eigenvalue weighted by atomic mass is 9.82. The zero-order valence-corrected chi connectivity index (χ0v) is 16.2. The highest BCUT2D eigenvalue weighted by Crippen LogP contribution is 2.40. The Morgan fingerprint density at radius 2 is 2.04 bits per heavy atom. The number of nitrogens with two attached hydrogens (primary N) is 1. The van der Waals surface area contributed by atoms with Crippen LogP contribution in [0, 0.1) is 11.3 Å². The lowest BCUT2D eigenvalue weighted by Crippen LogP contribution is -2.25. The molecule has 1 aromatic rings. The molecule has 2 N–H and O–H groups in total. The van der Waals surface area contributed by atoms with Gasteiger partial charge in [0.2, 0.25) is 5.88 Å². The molecule has 8 heteroatoms. The summed E-state index contributed by atoms with van der Waals surface area (Å²) in [5, 5.41) is 9.62. The normalized spacial score (nSPS) is 16.2. The minimum atomic E-state index is -0.778. The highest BCUT2D eigenvalue weighted by atomic mass is 16.5. The summed E-state index contributed by atoms with van der Waals surface area (Å²) in [6.07, 6.45) is 0. The number of carbonyl (C=O) groups excluding carboxylic acids is 2. The van der Waals surface area contributed by atoms with Crippen LogP contribution in [0.15, 0.2) is 41.0 Å². The van der Waals surface area contributed by atoms with E-state index in [4.69, 9.17) is 24.7 Å². The van der Waals surface area contributed by atoms with Gasteiger partial charge in [-0.05, 0) is 31.5 Å². The van der Waals surface area contributed by atoms with Crippen LogP contribution in [0.5, 0.6) is 5.75 Å². The average molecular weight is 386 g/mol. The van der Waals surface area contributed by atoms with Crippen molar-refractivity contribution in [2.24, 2.45) is 5.73 Å². The number of esters is 2. The second-order valence-electron chi connectivity index (χ2n) is 5.97. The molecular formula is C20H22N2O6. The SMILES string of the molecule is CCOC(=O)C1=C(C)OC(N)=C(C#N)C1c1ccc(OC)c(COC(C)=O)c1. The third-order valence-corrected chi connectivity index (χ3v) is 4.17. The molecule has 0 aromatic heterocycles. The van der Waals surface area contributed by atoms with E-state index in [1.165, 1.54) is 14.0 Å². The van der Waals surface area contributed by atoms with Crippen LogP contribution in [0.2, 0.25) is 0 Å². The molecule has 0 saturated carbocycles. The molecule has 1 heterocycles. The predicted molar refractivity (Wildman–Crippen MR) is 98.4 cm³/mol. The number of methoxy groups -OCH3 is 1. The van der Waals surface area contributed by atoms with Crippen molar-refractivity contribution in [2.45, 2.75) is 33.3 Å². The number of hydrogen-bond donors (Lipinski definition) is 1. The minimum absolute atomic E-state index is 0.0198. The van der Waals surface area contributed by atoms with Crippen LogP contribution in [-0.2, 0) is 30.4 Å². The van der Waals surface area contributed by atoms with Gasteiger partial charge < -0.3 is 24.7 Å². The maximum atomic E-state index is 12.6. The molecule has 0 saturated heterocycles. The smallest absolute Gasteiger partial charge is 0.338 e. The first-order valence-corrected chi connectivity index (χ1v) is 8.59. The molecule has 0 amide bonds. The summed E-state index contributed by atoms with van der Waals surface area (Å²) in [5.74, 6) is -1.12. The standard InChI is InChI=1S/C20H22N2O6/c1-5-26-20(24)17-11(2)28-19(22)15(9-21)18(17)13-6-7-16(25-4)14(8-13)10-27-12(3)23/h6-8,18H,5,10,22H2,1-4H3. The Morgan fingerprint density at radius 1 is 1.32 bits per heavy atom. The van der Waals surface area contributed by atoms with Gasteiger partial charge in [0.15, 0.2) is 0 Å². The van der Waals surface area contributed by atoms with Crippen LogP contribution in [0.1, 0.15) is 37.8 Å². The Morgan fingerprint density at radius 3 is 2.61 bits per heavy atom. The molecule has 8 nitrogen and oxygen atoms in total. The number of hydrogen-bond acceptors (Lipinski definition) is 8. The zero-order chi connectivity index (χ0) is 20.8. The van der Waals surface area contributed by atoms with E-state index in [0.29, 0.717) is 16.9 Å². The van der Waals surface area contributed by atoms with Crippen LogP contribution in [0.25, 0.3) is 0 Å². The summed E-state index contributed by atoms with van der Waals surface area (Å²) in [5.41, 5.74) is 7.35. The average Bonchev–Trinajstić information content (AvgIpc) is 2.65. The molecule has 1 atom stereocenters. The van der Waals surface area contributed by atoms with Gasteiger partial charge in [-0.25, -0.2) is 4.79 Å². The van der Waals surface area contributed by atoms with Gasteiger partial charge in [0.05, 0.1) is 25.2 Å². The van der Waals surface area contributed by atoms with Crippen LogP contribution >= 0.6 is 0 Å². The van der Waals surface area contributed by atoms with Crippen molar-refractivity contribution in [3.05, 3.63) is 52.1 Å². The van der Waals surface area contributed by atoms with Crippen molar-refractivity contribution in [2.75, 3.05) is 13.7 Å². The first kappa shape index (κ1) is 20.8. The van der Waals surface area contributed by atoms with Gasteiger partial charge in [0.1, 0.15) is 29.8 Å². The van der Waals surface area contributed by atoms with Crippen molar-refractivity contribution in [3.63, 3.8) is 0 Å². The van der Waals surface area contributed by atoms with E-state index in [0.717, 1.165) is 0 Å². The maximum absolute atomic E-state index is 12.6. The summed E-state index contributed by atoms with van der Waals surface area (Å²) < 4.78 is 20.9. The lowest BCUT2D eigenvalue weighted by molar-refractivity contribution is -0.142. The number of carbonyl (C=O) groups is 2. The quantitative estimate of drug-likeness (QED) is 0.740. The van der Waals surface area contributed by atoms with Crippen molar-refractivity contribution in [1.29, 1.82) is 5.26 Å². The van der Waals surface area contributed by atoms with Crippen molar-refractivity contribution >= 4 is 11.9 Å². The zero-order valence-electron chi connectivity index (χ0n) is 16.2. The third-order valence-electron chi connectivity index (χ3n) is 4.17. The van der Waals surface area contributed by atoms with E-state index < -0.39 is 17.9 Å². The molecule has 1 aromatic carbocycles. The molecule has 2 rings (SSSR count). The van der Waals surface area contributed by atoms with Gasteiger partial charge in [0, 0.05) is 12.5 Å². The molecule has 0 fully saturated rings. The Hall–Kier alpha value is -3.47. The van der Waals surface area contributed by atoms with Gasteiger partial charge in [-0.1, -0.05) is 6.07 Å². The highest BCUT2D eigenvalue weighted by molar-refractivity contribution is 5.92. The van der Waals surface area contributed by atoms with Crippen molar-refractivity contribution in [3.8, 4) is 11.8 Å². The summed E-state index contributed by atoms with van der Waals surface area (Å²) in [7, 11) is 1.49. The molecule has 0 spiro atoms. The second-order valence-corrected chi connectivity index (χ2v) is 5.97. The van der Waals surface area contributed by atoms with Crippen LogP contribution in [-0.4, -0.2) is 25.7 Å². The second kappa shape index (κ2) is 8.95. The predicted octanol–water partition coefficient (Wildman–Crippen LogP) is 2.40. The first-order valence-electron chi connectivity index (χ1n) is 8.59. The molecule has 1 unspecified atom stereocenters. The number of rotatable bonds is 6. The van der Waals surface area contributed by atoms with E-state index >= 15 is 0 Å². The molecule has 1 aliphatic heterocycles. The summed E-state index contributed by atoms with van der Waals surface area (Å²) in [6.45, 7) is 4.73. The topological polar surface area (TPSA) is 121 Å². The third kappa shape index (κ3) is 4.26. The molecular weight excluding hydrogens is 364 g/mol. The molecule has 148 valence electrons. The Labute approximate surface area is 163 Å². The number of benzene rings is 1. The largest absolute Gasteiger partial charge is 0.496 e. The minimum Gasteiger partial charge on any atom is -0.496 e. The first-order chi connectivity index (χ1) is 13.3. The lowest BCUT2D eigenvalue weighted by Gasteiger charge is -2.27. The van der Waals surface area contributed by atoms with Crippen molar-refractivity contribution in [1.82, 2.24) is 0 Å². The fourth-order valence-electron chi connectivity index (χ4n) is 2.96. The van der Waals surface area contributed by atoms with E-state index in [9.17, 15) is 14.9 Å².